The lowest BCUT2D eigenvalue weighted by Crippen LogP contribution is -2.45. The normalized spacial score (nSPS) is 11.4. The first kappa shape index (κ1) is 21.3. The van der Waals surface area contributed by atoms with Gasteiger partial charge in [0.2, 0.25) is 0 Å². The van der Waals surface area contributed by atoms with E-state index in [1.54, 1.807) is 0 Å². The number of hydrazine groups is 1. The Morgan fingerprint density at radius 1 is 0.929 bits per heavy atom. The van der Waals surface area contributed by atoms with Gasteiger partial charge in [-0.2, -0.15) is 0 Å². The molecule has 0 fully saturated rings. The van der Waals surface area contributed by atoms with Gasteiger partial charge in [-0.1, -0.05) is 43.7 Å². The maximum atomic E-state index is 11.8. The van der Waals surface area contributed by atoms with Crippen LogP contribution in [0.25, 0.3) is 0 Å². The number of benzene rings is 2. The van der Waals surface area contributed by atoms with Crippen LogP contribution >= 0.6 is 0 Å². The van der Waals surface area contributed by atoms with Crippen molar-refractivity contribution in [3.8, 4) is 11.5 Å². The fourth-order valence-corrected chi connectivity index (χ4v) is 2.59. The minimum absolute atomic E-state index is 0.192. The molecule has 6 nitrogen and oxygen atoms in total. The van der Waals surface area contributed by atoms with Gasteiger partial charge in [-0.25, -0.2) is 0 Å². The minimum atomic E-state index is -0.453. The van der Waals surface area contributed by atoms with Crippen LogP contribution in [0.5, 0.6) is 11.5 Å². The molecule has 1 unspecified atom stereocenters. The predicted octanol–water partition coefficient (Wildman–Crippen LogP) is 3.42. The van der Waals surface area contributed by atoms with Crippen molar-refractivity contribution in [2.24, 2.45) is 0 Å². The summed E-state index contributed by atoms with van der Waals surface area (Å²) in [5, 5.41) is 0. The predicted molar refractivity (Wildman–Crippen MR) is 108 cm³/mol. The van der Waals surface area contributed by atoms with Gasteiger partial charge in [-0.15, -0.1) is 0 Å². The number of rotatable bonds is 8. The number of ether oxygens (including phenoxy) is 2. The summed E-state index contributed by atoms with van der Waals surface area (Å²) in [5.74, 6) is 0.818. The van der Waals surface area contributed by atoms with E-state index in [9.17, 15) is 9.59 Å². The Morgan fingerprint density at radius 2 is 1.54 bits per heavy atom. The number of aryl methyl sites for hydroxylation is 2. The Bertz CT molecular complexity index is 803. The smallest absolute Gasteiger partial charge is 0.276 e. The molecule has 2 amide bonds. The van der Waals surface area contributed by atoms with E-state index in [1.807, 2.05) is 56.3 Å². The number of hydrogen-bond acceptors (Lipinski definition) is 4. The van der Waals surface area contributed by atoms with Crippen LogP contribution in [-0.4, -0.2) is 25.0 Å². The molecular weight excluding hydrogens is 356 g/mol. The second kappa shape index (κ2) is 10.3. The van der Waals surface area contributed by atoms with Gasteiger partial charge < -0.3 is 9.47 Å². The summed E-state index contributed by atoms with van der Waals surface area (Å²) in [6, 6.07) is 13.4. The Morgan fingerprint density at radius 3 is 2.11 bits per heavy atom. The zero-order valence-electron chi connectivity index (χ0n) is 16.9. The number of carbonyl (C=O) groups is 2. The van der Waals surface area contributed by atoms with Crippen molar-refractivity contribution in [2.75, 3.05) is 13.2 Å². The molecule has 6 heteroatoms. The quantitative estimate of drug-likeness (QED) is 0.684. The molecule has 2 N–H and O–H groups in total. The lowest BCUT2D eigenvalue weighted by Gasteiger charge is -2.12. The molecule has 0 aliphatic rings. The summed E-state index contributed by atoms with van der Waals surface area (Å²) >= 11 is 0. The molecule has 0 aliphatic carbocycles. The monoisotopic (exact) mass is 384 g/mol. The molecule has 0 radical (unpaired) electrons. The van der Waals surface area contributed by atoms with Crippen LogP contribution in [0.1, 0.15) is 42.9 Å². The van der Waals surface area contributed by atoms with Crippen LogP contribution in [0, 0.1) is 13.8 Å². The summed E-state index contributed by atoms with van der Waals surface area (Å²) in [7, 11) is 0. The van der Waals surface area contributed by atoms with E-state index in [1.165, 1.54) is 5.56 Å². The average Bonchev–Trinajstić information content (AvgIpc) is 2.69. The highest BCUT2D eigenvalue weighted by atomic mass is 16.5. The van der Waals surface area contributed by atoms with E-state index in [-0.39, 0.29) is 13.2 Å². The summed E-state index contributed by atoms with van der Waals surface area (Å²) < 4.78 is 10.9. The number of hydrogen-bond donors (Lipinski definition) is 2. The van der Waals surface area contributed by atoms with Crippen LogP contribution < -0.4 is 20.3 Å². The molecule has 0 aliphatic heterocycles. The zero-order chi connectivity index (χ0) is 20.5. The van der Waals surface area contributed by atoms with Crippen molar-refractivity contribution < 1.29 is 19.1 Å². The second-order valence-electron chi connectivity index (χ2n) is 6.82. The van der Waals surface area contributed by atoms with E-state index in [2.05, 4.69) is 24.7 Å². The highest BCUT2D eigenvalue weighted by Gasteiger charge is 2.08. The summed E-state index contributed by atoms with van der Waals surface area (Å²) in [6.45, 7) is 7.81. The Kier molecular flexibility index (Phi) is 7.87. The molecule has 28 heavy (non-hydrogen) atoms. The number of nitrogens with one attached hydrogen (secondary N) is 2. The Balaban J connectivity index is 1.69. The fraction of sp³-hybridized carbons (Fsp3) is 0.364. The molecule has 1 atom stereocenters. The highest BCUT2D eigenvalue weighted by molar-refractivity contribution is 5.83. The van der Waals surface area contributed by atoms with Gasteiger partial charge in [0.05, 0.1) is 0 Å². The van der Waals surface area contributed by atoms with Crippen LogP contribution in [0.15, 0.2) is 42.5 Å². The lowest BCUT2D eigenvalue weighted by atomic mass is 9.99. The van der Waals surface area contributed by atoms with Crippen molar-refractivity contribution in [1.29, 1.82) is 0 Å². The molecule has 0 spiro atoms. The van der Waals surface area contributed by atoms with E-state index in [0.29, 0.717) is 17.4 Å². The van der Waals surface area contributed by atoms with Gasteiger partial charge >= 0.3 is 0 Å². The second-order valence-corrected chi connectivity index (χ2v) is 6.82. The van der Waals surface area contributed by atoms with Crippen molar-refractivity contribution in [3.05, 3.63) is 59.2 Å². The van der Waals surface area contributed by atoms with Gasteiger partial charge in [-0.05, 0) is 55.5 Å². The topological polar surface area (TPSA) is 76.7 Å². The van der Waals surface area contributed by atoms with E-state index in [0.717, 1.165) is 17.5 Å². The Labute approximate surface area is 166 Å². The zero-order valence-corrected chi connectivity index (χ0v) is 16.9. The van der Waals surface area contributed by atoms with Crippen LogP contribution in [0.2, 0.25) is 0 Å². The summed E-state index contributed by atoms with van der Waals surface area (Å²) in [5.41, 5.74) is 7.92. The maximum Gasteiger partial charge on any atom is 0.276 e. The fourth-order valence-electron chi connectivity index (χ4n) is 2.59. The maximum absolute atomic E-state index is 11.8. The Hall–Kier alpha value is -3.02. The van der Waals surface area contributed by atoms with Crippen molar-refractivity contribution in [2.45, 2.75) is 40.0 Å². The summed E-state index contributed by atoms with van der Waals surface area (Å²) in [4.78, 5) is 23.6. The van der Waals surface area contributed by atoms with Crippen molar-refractivity contribution >= 4 is 11.8 Å². The third-order valence-corrected chi connectivity index (χ3v) is 4.46. The molecule has 0 bridgehead atoms. The number of amides is 2. The molecule has 0 saturated heterocycles. The van der Waals surface area contributed by atoms with E-state index >= 15 is 0 Å². The number of carbonyl (C=O) groups excluding carboxylic acids is 2. The van der Waals surface area contributed by atoms with Gasteiger partial charge in [0.15, 0.2) is 13.2 Å². The molecule has 0 saturated carbocycles. The third kappa shape index (κ3) is 6.61. The summed E-state index contributed by atoms with van der Waals surface area (Å²) in [6.07, 6.45) is 1.06. The molecule has 0 aromatic heterocycles. The van der Waals surface area contributed by atoms with Gasteiger partial charge in [-0.3, -0.25) is 20.4 Å². The van der Waals surface area contributed by atoms with E-state index < -0.39 is 11.8 Å². The largest absolute Gasteiger partial charge is 0.484 e. The van der Waals surface area contributed by atoms with Crippen LogP contribution in [-0.2, 0) is 9.59 Å². The minimum Gasteiger partial charge on any atom is -0.484 e. The standard InChI is InChI=1S/C22H28N2O4/c1-5-16(3)18-7-9-19(10-8-18)27-13-21(25)23-24-22(26)14-28-20-11-6-15(2)12-17(20)4/h6-12,16H,5,13-14H2,1-4H3,(H,23,25)(H,24,26). The lowest BCUT2D eigenvalue weighted by molar-refractivity contribution is -0.131. The molecule has 2 aromatic rings. The third-order valence-electron chi connectivity index (χ3n) is 4.46. The molecule has 2 rings (SSSR count). The molecule has 150 valence electrons. The van der Waals surface area contributed by atoms with Crippen molar-refractivity contribution in [3.63, 3.8) is 0 Å². The van der Waals surface area contributed by atoms with Gasteiger partial charge in [0, 0.05) is 0 Å². The van der Waals surface area contributed by atoms with Gasteiger partial charge in [0.1, 0.15) is 11.5 Å². The molecule has 0 heterocycles. The van der Waals surface area contributed by atoms with Crippen LogP contribution in [0.4, 0.5) is 0 Å². The van der Waals surface area contributed by atoms with Crippen molar-refractivity contribution in [1.82, 2.24) is 10.9 Å². The first-order valence-corrected chi connectivity index (χ1v) is 9.39. The van der Waals surface area contributed by atoms with Crippen LogP contribution in [0.3, 0.4) is 0 Å². The molecular formula is C22H28N2O4. The van der Waals surface area contributed by atoms with Gasteiger partial charge in [0.25, 0.3) is 11.8 Å². The highest BCUT2D eigenvalue weighted by Crippen LogP contribution is 2.21. The van der Waals surface area contributed by atoms with E-state index in [4.69, 9.17) is 9.47 Å². The SMILES string of the molecule is CCC(C)c1ccc(OCC(=O)NNC(=O)COc2ccc(C)cc2C)cc1. The first-order valence-electron chi connectivity index (χ1n) is 9.39. The average molecular weight is 384 g/mol. The molecule has 2 aromatic carbocycles. The first-order chi connectivity index (χ1) is 13.4.